The zero-order valence-electron chi connectivity index (χ0n) is 27.4. The minimum Gasteiger partial charge on any atom is -0.414 e. The van der Waals surface area contributed by atoms with Crippen molar-refractivity contribution in [2.45, 2.75) is 122 Å². The molecule has 7 heteroatoms. The number of aromatic nitrogens is 2. The first kappa shape index (κ1) is 29.5. The first-order valence-corrected chi connectivity index (χ1v) is 19.6. The fraction of sp³-hybridized carbons (Fsp3) is 0.694. The second-order valence-corrected chi connectivity index (χ2v) is 21.7. The van der Waals surface area contributed by atoms with Crippen LogP contribution in [0.4, 0.5) is 0 Å². The molecule has 0 amide bonds. The van der Waals surface area contributed by atoms with Gasteiger partial charge in [0.1, 0.15) is 6.29 Å². The van der Waals surface area contributed by atoms with E-state index in [0.29, 0.717) is 17.2 Å². The normalized spacial score (nSPS) is 40.5. The molecule has 2 bridgehead atoms. The summed E-state index contributed by atoms with van der Waals surface area (Å²) in [5.41, 5.74) is -1.59. The molecule has 8 rings (SSSR count). The number of aldehydes is 1. The highest BCUT2D eigenvalue weighted by molar-refractivity contribution is 6.74. The number of fused-ring (bicyclic) bond motifs is 2. The third-order valence-electron chi connectivity index (χ3n) is 14.2. The number of hydrogen-bond acceptors (Lipinski definition) is 4. The number of rotatable bonds is 4. The first-order chi connectivity index (χ1) is 20.1. The molecular weight excluding hydrogens is 552 g/mol. The minimum atomic E-state index is -2.06. The number of nitrogens with zero attached hydrogens (tertiary/aromatic N) is 2. The lowest BCUT2D eigenvalue weighted by Gasteiger charge is -2.72. The number of allylic oxidation sites excluding steroid dienone is 2. The molecular formula is C36H50N2O4Si. The van der Waals surface area contributed by atoms with Crippen LogP contribution >= 0.6 is 0 Å². The Morgan fingerprint density at radius 3 is 2.21 bits per heavy atom. The molecule has 2 aliphatic heterocycles. The standard InChI is InChI=1S/C36H50N2O4Si/c1-23(22-39)27-13-14-28-33(27,5)17-16-29-34(6)18-15-24(42-43(7,8)32(2,3)4)21-35(34)19-20-36(28,29)38-31(41)26-12-10-9-11-25(26)30(40)37(35)38/h9-12,19-20,22-24,27-29H,13-18,21H2,1-8H3/t23-,24-,27+,28+,29+,33-,34-,35+,36+/m1/s1. The van der Waals surface area contributed by atoms with Crippen LogP contribution in [-0.2, 0) is 20.3 Å². The lowest BCUT2D eigenvalue weighted by Crippen LogP contribution is -2.78. The van der Waals surface area contributed by atoms with Crippen molar-refractivity contribution in [2.75, 3.05) is 0 Å². The number of hydrogen-bond donors (Lipinski definition) is 0. The fourth-order valence-electron chi connectivity index (χ4n) is 11.1. The molecule has 9 atom stereocenters. The van der Waals surface area contributed by atoms with E-state index >= 15 is 0 Å². The molecule has 43 heavy (non-hydrogen) atoms. The predicted molar refractivity (Wildman–Crippen MR) is 174 cm³/mol. The molecule has 2 aromatic rings. The Bertz CT molecular complexity index is 1670. The maximum Gasteiger partial charge on any atom is 0.274 e. The SMILES string of the molecule is C[C@H](C=O)[C@@H]1CC[C@H]2[C@]1(C)CC[C@@H]1[C@]23C=C[C@@]2(C[C@H](O[Si](C)(C)C(C)(C)C)CC[C@]12C)n1c(=O)c2ccccc2c(=O)n13. The second kappa shape index (κ2) is 8.93. The molecule has 232 valence electrons. The quantitative estimate of drug-likeness (QED) is 0.215. The summed E-state index contributed by atoms with van der Waals surface area (Å²) in [7, 11) is -2.06. The molecule has 6 aliphatic rings. The van der Waals surface area contributed by atoms with Gasteiger partial charge in [0.2, 0.25) is 0 Å². The van der Waals surface area contributed by atoms with E-state index in [4.69, 9.17) is 4.43 Å². The van der Waals surface area contributed by atoms with Crippen LogP contribution in [0.2, 0.25) is 18.1 Å². The fourth-order valence-corrected chi connectivity index (χ4v) is 12.5. The van der Waals surface area contributed by atoms with Crippen molar-refractivity contribution in [1.29, 1.82) is 0 Å². The van der Waals surface area contributed by atoms with Gasteiger partial charge in [-0.1, -0.05) is 65.8 Å². The van der Waals surface area contributed by atoms with Crippen molar-refractivity contribution in [3.8, 4) is 0 Å². The van der Waals surface area contributed by atoms with Gasteiger partial charge in [-0.15, -0.1) is 0 Å². The Morgan fingerprint density at radius 1 is 0.930 bits per heavy atom. The summed E-state index contributed by atoms with van der Waals surface area (Å²) in [5, 5.41) is 1.12. The van der Waals surface area contributed by atoms with E-state index in [0.717, 1.165) is 44.8 Å². The van der Waals surface area contributed by atoms with Gasteiger partial charge in [0.05, 0.1) is 21.9 Å². The monoisotopic (exact) mass is 602 g/mol. The van der Waals surface area contributed by atoms with Gasteiger partial charge in [0, 0.05) is 23.9 Å². The third kappa shape index (κ3) is 3.42. The van der Waals surface area contributed by atoms with Crippen LogP contribution in [0.5, 0.6) is 0 Å². The van der Waals surface area contributed by atoms with Crippen molar-refractivity contribution in [3.63, 3.8) is 0 Å². The summed E-state index contributed by atoms with van der Waals surface area (Å²) >= 11 is 0. The molecule has 3 fully saturated rings. The van der Waals surface area contributed by atoms with Gasteiger partial charge in [0.15, 0.2) is 8.32 Å². The van der Waals surface area contributed by atoms with Crippen LogP contribution < -0.4 is 11.1 Å². The van der Waals surface area contributed by atoms with E-state index in [9.17, 15) is 14.4 Å². The van der Waals surface area contributed by atoms with Gasteiger partial charge in [-0.2, -0.15) is 0 Å². The highest BCUT2D eigenvalue weighted by Crippen LogP contribution is 2.74. The van der Waals surface area contributed by atoms with Crippen molar-refractivity contribution >= 4 is 25.4 Å². The second-order valence-electron chi connectivity index (χ2n) is 16.9. The lowest BCUT2D eigenvalue weighted by molar-refractivity contribution is -0.200. The highest BCUT2D eigenvalue weighted by atomic mass is 28.4. The predicted octanol–water partition coefficient (Wildman–Crippen LogP) is 7.00. The third-order valence-corrected chi connectivity index (χ3v) is 18.8. The van der Waals surface area contributed by atoms with Gasteiger partial charge in [-0.25, -0.2) is 9.36 Å². The molecule has 3 saturated carbocycles. The van der Waals surface area contributed by atoms with Crippen LogP contribution in [0.15, 0.2) is 46.0 Å². The van der Waals surface area contributed by atoms with E-state index in [1.54, 1.807) is 0 Å². The summed E-state index contributed by atoms with van der Waals surface area (Å²) in [6.07, 6.45) is 12.6. The minimum absolute atomic E-state index is 0.0211. The van der Waals surface area contributed by atoms with Crippen LogP contribution in [0, 0.1) is 34.5 Å². The van der Waals surface area contributed by atoms with Crippen LogP contribution in [0.1, 0.15) is 86.5 Å². The summed E-state index contributed by atoms with van der Waals surface area (Å²) in [6.45, 7) is 18.4. The lowest BCUT2D eigenvalue weighted by atomic mass is 9.40. The highest BCUT2D eigenvalue weighted by Gasteiger charge is 2.74. The van der Waals surface area contributed by atoms with Gasteiger partial charge >= 0.3 is 0 Å². The molecule has 2 spiro atoms. The van der Waals surface area contributed by atoms with Crippen molar-refractivity contribution < 1.29 is 9.22 Å². The number of benzene rings is 1. The Balaban J connectivity index is 1.50. The zero-order valence-corrected chi connectivity index (χ0v) is 28.4. The molecule has 1 aromatic heterocycles. The van der Waals surface area contributed by atoms with Crippen molar-refractivity contribution in [2.24, 2.45) is 34.5 Å². The van der Waals surface area contributed by atoms with Crippen LogP contribution in [0.3, 0.4) is 0 Å². The number of carbonyl (C=O) groups is 1. The number of carbonyl (C=O) groups excluding carboxylic acids is 1. The van der Waals surface area contributed by atoms with E-state index in [1.165, 1.54) is 0 Å². The molecule has 0 radical (unpaired) electrons. The maximum atomic E-state index is 14.8. The molecule has 0 saturated heterocycles. The van der Waals surface area contributed by atoms with Gasteiger partial charge < -0.3 is 9.22 Å². The maximum absolute atomic E-state index is 14.8. The Hall–Kier alpha value is -2.25. The van der Waals surface area contributed by atoms with Gasteiger partial charge in [-0.05, 0) is 92.0 Å². The summed E-state index contributed by atoms with van der Waals surface area (Å²) in [6, 6.07) is 7.41. The Kier molecular flexibility index (Phi) is 6.12. The molecule has 3 heterocycles. The summed E-state index contributed by atoms with van der Waals surface area (Å²) in [4.78, 5) is 41.7. The molecule has 1 aromatic carbocycles. The molecule has 6 nitrogen and oxygen atoms in total. The average Bonchev–Trinajstić information content (AvgIpc) is 3.32. The van der Waals surface area contributed by atoms with Crippen LogP contribution in [-0.4, -0.2) is 30.1 Å². The topological polar surface area (TPSA) is 70.3 Å². The average molecular weight is 603 g/mol. The Morgan fingerprint density at radius 2 is 1.58 bits per heavy atom. The zero-order chi connectivity index (χ0) is 31.0. The van der Waals surface area contributed by atoms with Crippen molar-refractivity contribution in [3.05, 3.63) is 57.1 Å². The van der Waals surface area contributed by atoms with E-state index in [2.05, 4.69) is 66.8 Å². The van der Waals surface area contributed by atoms with E-state index in [-0.39, 0.29) is 56.8 Å². The molecule has 4 aliphatic carbocycles. The van der Waals surface area contributed by atoms with Gasteiger partial charge in [-0.3, -0.25) is 9.59 Å². The molecule has 0 N–H and O–H groups in total. The van der Waals surface area contributed by atoms with Gasteiger partial charge in [0.25, 0.3) is 11.1 Å². The summed E-state index contributed by atoms with van der Waals surface area (Å²) in [5.74, 6) is 0.682. The van der Waals surface area contributed by atoms with Crippen molar-refractivity contribution in [1.82, 2.24) is 9.36 Å². The Labute approximate surface area is 257 Å². The first-order valence-electron chi connectivity index (χ1n) is 16.7. The van der Waals surface area contributed by atoms with Crippen LogP contribution in [0.25, 0.3) is 10.8 Å². The smallest absolute Gasteiger partial charge is 0.274 e. The summed E-state index contributed by atoms with van der Waals surface area (Å²) < 4.78 is 11.0. The van der Waals surface area contributed by atoms with E-state index in [1.807, 2.05) is 33.6 Å². The van der Waals surface area contributed by atoms with E-state index < -0.39 is 19.4 Å². The molecule has 0 unspecified atom stereocenters. The largest absolute Gasteiger partial charge is 0.414 e.